The Labute approximate surface area is 107 Å². The third-order valence-electron chi connectivity index (χ3n) is 2.18. The van der Waals surface area contributed by atoms with Crippen LogP contribution in [0.4, 0.5) is 5.69 Å². The van der Waals surface area contributed by atoms with E-state index in [-0.39, 0.29) is 18.1 Å². The number of carboxylic acid groups (broad SMARTS) is 1. The molecule has 0 aliphatic rings. The molecule has 0 unspecified atom stereocenters. The summed E-state index contributed by atoms with van der Waals surface area (Å²) in [4.78, 5) is 10.7. The van der Waals surface area contributed by atoms with Gasteiger partial charge in [-0.15, -0.1) is 0 Å². The molecule has 0 aliphatic carbocycles. The summed E-state index contributed by atoms with van der Waals surface area (Å²) in [6.45, 7) is 3.62. The summed E-state index contributed by atoms with van der Waals surface area (Å²) in [5.74, 6) is -0.978. The van der Waals surface area contributed by atoms with Gasteiger partial charge in [-0.25, -0.2) is 8.42 Å². The normalized spacial score (nSPS) is 11.5. The molecule has 0 saturated heterocycles. The van der Waals surface area contributed by atoms with Gasteiger partial charge in [-0.2, -0.15) is 0 Å². The van der Waals surface area contributed by atoms with Gasteiger partial charge in [0.25, 0.3) is 0 Å². The van der Waals surface area contributed by atoms with Crippen LogP contribution >= 0.6 is 0 Å². The van der Waals surface area contributed by atoms with E-state index in [4.69, 9.17) is 5.11 Å². The molecule has 1 aromatic carbocycles. The van der Waals surface area contributed by atoms with Gasteiger partial charge < -0.3 is 5.11 Å². The van der Waals surface area contributed by atoms with E-state index in [0.717, 1.165) is 0 Å². The number of anilines is 1. The van der Waals surface area contributed by atoms with Gasteiger partial charge in [0, 0.05) is 0 Å². The lowest BCUT2D eigenvalue weighted by molar-refractivity contribution is -0.136. The molecule has 1 aromatic rings. The monoisotopic (exact) mass is 271 g/mol. The quantitative estimate of drug-likeness (QED) is 0.825. The number of para-hydroxylation sites is 1. The zero-order chi connectivity index (χ0) is 13.8. The van der Waals surface area contributed by atoms with Crippen molar-refractivity contribution in [3.63, 3.8) is 0 Å². The Balaban J connectivity index is 2.93. The minimum atomic E-state index is -3.44. The average Bonchev–Trinajstić information content (AvgIpc) is 2.17. The van der Waals surface area contributed by atoms with E-state index in [2.05, 4.69) is 4.72 Å². The molecule has 0 aliphatic heterocycles. The molecule has 0 atom stereocenters. The Hall–Kier alpha value is -1.56. The molecular weight excluding hydrogens is 254 g/mol. The van der Waals surface area contributed by atoms with Crippen LogP contribution in [0, 0.1) is 5.92 Å². The summed E-state index contributed by atoms with van der Waals surface area (Å²) >= 11 is 0. The van der Waals surface area contributed by atoms with Crippen molar-refractivity contribution in [3.05, 3.63) is 29.8 Å². The van der Waals surface area contributed by atoms with E-state index in [1.165, 1.54) is 0 Å². The van der Waals surface area contributed by atoms with Crippen molar-refractivity contribution < 1.29 is 18.3 Å². The number of hydrogen-bond donors (Lipinski definition) is 2. The van der Waals surface area contributed by atoms with Crippen molar-refractivity contribution in [2.24, 2.45) is 5.92 Å². The van der Waals surface area contributed by atoms with Gasteiger partial charge in [0.1, 0.15) is 0 Å². The number of carbonyl (C=O) groups is 1. The number of rotatable bonds is 6. The third kappa shape index (κ3) is 4.75. The zero-order valence-corrected chi connectivity index (χ0v) is 11.2. The van der Waals surface area contributed by atoms with Gasteiger partial charge in [0.2, 0.25) is 10.0 Å². The Kier molecular flexibility index (Phi) is 4.72. The molecule has 0 saturated carbocycles. The van der Waals surface area contributed by atoms with E-state index in [9.17, 15) is 13.2 Å². The van der Waals surface area contributed by atoms with Crippen LogP contribution in [0.15, 0.2) is 24.3 Å². The highest BCUT2D eigenvalue weighted by Gasteiger charge is 2.15. The van der Waals surface area contributed by atoms with Crippen molar-refractivity contribution in [2.75, 3.05) is 10.5 Å². The standard InChI is InChI=1S/C12H17NO4S/c1-9(2)8-18(16,17)13-11-6-4-3-5-10(11)7-12(14)15/h3-6,9,13H,7-8H2,1-2H3,(H,14,15). The smallest absolute Gasteiger partial charge is 0.307 e. The third-order valence-corrected chi connectivity index (χ3v) is 3.81. The second-order valence-corrected chi connectivity index (χ2v) is 6.27. The van der Waals surface area contributed by atoms with Gasteiger partial charge in [-0.3, -0.25) is 9.52 Å². The topological polar surface area (TPSA) is 83.5 Å². The molecule has 0 bridgehead atoms. The molecule has 0 heterocycles. The van der Waals surface area contributed by atoms with Crippen LogP contribution in [0.5, 0.6) is 0 Å². The predicted octanol–water partition coefficient (Wildman–Crippen LogP) is 1.71. The molecule has 18 heavy (non-hydrogen) atoms. The summed E-state index contributed by atoms with van der Waals surface area (Å²) in [6.07, 6.45) is -0.208. The maximum absolute atomic E-state index is 11.8. The first-order chi connectivity index (χ1) is 8.30. The first-order valence-corrected chi connectivity index (χ1v) is 7.25. The van der Waals surface area contributed by atoms with Crippen LogP contribution in [-0.2, 0) is 21.2 Å². The summed E-state index contributed by atoms with van der Waals surface area (Å²) in [5, 5.41) is 8.76. The van der Waals surface area contributed by atoms with Gasteiger partial charge >= 0.3 is 5.97 Å². The summed E-state index contributed by atoms with van der Waals surface area (Å²) in [7, 11) is -3.44. The van der Waals surface area contributed by atoms with Crippen LogP contribution in [-0.4, -0.2) is 25.2 Å². The highest BCUT2D eigenvalue weighted by molar-refractivity contribution is 7.92. The lowest BCUT2D eigenvalue weighted by Gasteiger charge is -2.12. The number of aliphatic carboxylic acids is 1. The van der Waals surface area contributed by atoms with Gasteiger partial charge in [-0.1, -0.05) is 32.0 Å². The lowest BCUT2D eigenvalue weighted by Crippen LogP contribution is -2.21. The SMILES string of the molecule is CC(C)CS(=O)(=O)Nc1ccccc1CC(=O)O. The number of sulfonamides is 1. The van der Waals surface area contributed by atoms with E-state index < -0.39 is 16.0 Å². The Morgan fingerprint density at radius 1 is 1.33 bits per heavy atom. The largest absolute Gasteiger partial charge is 0.481 e. The van der Waals surface area contributed by atoms with Crippen LogP contribution in [0.25, 0.3) is 0 Å². The first-order valence-electron chi connectivity index (χ1n) is 5.60. The van der Waals surface area contributed by atoms with E-state index in [1.807, 2.05) is 13.8 Å². The van der Waals surface area contributed by atoms with Crippen LogP contribution in [0.3, 0.4) is 0 Å². The fourth-order valence-corrected chi connectivity index (χ4v) is 3.08. The van der Waals surface area contributed by atoms with Crippen molar-refractivity contribution in [1.82, 2.24) is 0 Å². The number of nitrogens with one attached hydrogen (secondary N) is 1. The zero-order valence-electron chi connectivity index (χ0n) is 10.4. The number of carboxylic acids is 1. The summed E-state index contributed by atoms with van der Waals surface area (Å²) < 4.78 is 26.0. The van der Waals surface area contributed by atoms with Crippen LogP contribution in [0.2, 0.25) is 0 Å². The van der Waals surface area contributed by atoms with E-state index in [1.54, 1.807) is 24.3 Å². The molecule has 0 amide bonds. The molecule has 6 heteroatoms. The first kappa shape index (κ1) is 14.5. The second kappa shape index (κ2) is 5.86. The highest BCUT2D eigenvalue weighted by Crippen LogP contribution is 2.18. The fraction of sp³-hybridized carbons (Fsp3) is 0.417. The molecular formula is C12H17NO4S. The molecule has 5 nitrogen and oxygen atoms in total. The minimum absolute atomic E-state index is 0.00834. The molecule has 2 N–H and O–H groups in total. The molecule has 1 rings (SSSR count). The molecule has 0 fully saturated rings. The Morgan fingerprint density at radius 2 is 1.94 bits per heavy atom. The Bertz CT molecular complexity index is 523. The van der Waals surface area contributed by atoms with Crippen molar-refractivity contribution in [2.45, 2.75) is 20.3 Å². The second-order valence-electron chi connectivity index (χ2n) is 4.50. The molecule has 0 spiro atoms. The fourth-order valence-electron chi connectivity index (χ4n) is 1.58. The summed E-state index contributed by atoms with van der Waals surface area (Å²) in [5.41, 5.74) is 0.790. The maximum Gasteiger partial charge on any atom is 0.307 e. The van der Waals surface area contributed by atoms with Crippen LogP contribution in [0.1, 0.15) is 19.4 Å². The highest BCUT2D eigenvalue weighted by atomic mass is 32.2. The molecule has 100 valence electrons. The van der Waals surface area contributed by atoms with Crippen molar-refractivity contribution in [1.29, 1.82) is 0 Å². The average molecular weight is 271 g/mol. The van der Waals surface area contributed by atoms with Crippen LogP contribution < -0.4 is 4.72 Å². The van der Waals surface area contributed by atoms with Crippen molar-refractivity contribution in [3.8, 4) is 0 Å². The predicted molar refractivity (Wildman–Crippen MR) is 70.0 cm³/mol. The van der Waals surface area contributed by atoms with Gasteiger partial charge in [0.15, 0.2) is 0 Å². The van der Waals surface area contributed by atoms with E-state index in [0.29, 0.717) is 11.3 Å². The van der Waals surface area contributed by atoms with Gasteiger partial charge in [-0.05, 0) is 17.5 Å². The molecule has 0 radical (unpaired) electrons. The number of benzene rings is 1. The number of hydrogen-bond acceptors (Lipinski definition) is 3. The Morgan fingerprint density at radius 3 is 2.50 bits per heavy atom. The lowest BCUT2D eigenvalue weighted by atomic mass is 10.1. The van der Waals surface area contributed by atoms with Crippen molar-refractivity contribution >= 4 is 21.7 Å². The minimum Gasteiger partial charge on any atom is -0.481 e. The molecule has 0 aromatic heterocycles. The summed E-state index contributed by atoms with van der Waals surface area (Å²) in [6, 6.07) is 6.51. The maximum atomic E-state index is 11.8. The van der Waals surface area contributed by atoms with E-state index >= 15 is 0 Å². The van der Waals surface area contributed by atoms with Gasteiger partial charge in [0.05, 0.1) is 17.9 Å².